The zero-order chi connectivity index (χ0) is 13.8. The number of pyridine rings is 1. The minimum atomic E-state index is -0.488. The minimum absolute atomic E-state index is 0.0710. The van der Waals surface area contributed by atoms with Crippen LogP contribution in [0.3, 0.4) is 0 Å². The summed E-state index contributed by atoms with van der Waals surface area (Å²) in [5.74, 6) is 0. The summed E-state index contributed by atoms with van der Waals surface area (Å²) in [5, 5.41) is 21.0. The van der Waals surface area contributed by atoms with Crippen molar-refractivity contribution in [1.82, 2.24) is 4.98 Å². The summed E-state index contributed by atoms with van der Waals surface area (Å²) in [6.45, 7) is -0.240. The van der Waals surface area contributed by atoms with Gasteiger partial charge in [0.25, 0.3) is 5.69 Å². The van der Waals surface area contributed by atoms with E-state index in [1.807, 2.05) is 0 Å². The van der Waals surface area contributed by atoms with Crippen molar-refractivity contribution in [3.8, 4) is 0 Å². The molecule has 0 fully saturated rings. The fraction of sp³-hybridized carbons (Fsp3) is 0.0833. The van der Waals surface area contributed by atoms with Gasteiger partial charge in [-0.3, -0.25) is 10.1 Å². The van der Waals surface area contributed by atoms with Gasteiger partial charge in [0.2, 0.25) is 0 Å². The summed E-state index contributed by atoms with van der Waals surface area (Å²) in [5.41, 5.74) is 0.418. The Morgan fingerprint density at radius 3 is 2.84 bits per heavy atom. The third kappa shape index (κ3) is 3.23. The first-order chi connectivity index (χ1) is 9.11. The molecule has 2 rings (SSSR count). The molecule has 0 bridgehead atoms. The first-order valence-electron chi connectivity index (χ1n) is 5.28. The molecule has 1 N–H and O–H groups in total. The average Bonchev–Trinajstić information content (AvgIpc) is 2.41. The van der Waals surface area contributed by atoms with Crippen LogP contribution in [0.25, 0.3) is 0 Å². The molecule has 5 nitrogen and oxygen atoms in total. The van der Waals surface area contributed by atoms with Crippen molar-refractivity contribution in [3.05, 3.63) is 57.2 Å². The average molecular weight is 297 g/mol. The van der Waals surface area contributed by atoms with E-state index < -0.39 is 4.92 Å². The second kappa shape index (κ2) is 6.01. The van der Waals surface area contributed by atoms with Crippen molar-refractivity contribution < 1.29 is 10.0 Å². The molecule has 98 valence electrons. The highest BCUT2D eigenvalue weighted by molar-refractivity contribution is 7.99. The molecule has 0 saturated heterocycles. The van der Waals surface area contributed by atoms with Crippen molar-refractivity contribution in [2.24, 2.45) is 0 Å². The molecule has 19 heavy (non-hydrogen) atoms. The smallest absolute Gasteiger partial charge is 0.283 e. The van der Waals surface area contributed by atoms with E-state index in [-0.39, 0.29) is 12.3 Å². The van der Waals surface area contributed by atoms with E-state index in [9.17, 15) is 10.1 Å². The van der Waals surface area contributed by atoms with Crippen LogP contribution < -0.4 is 0 Å². The van der Waals surface area contributed by atoms with Gasteiger partial charge in [-0.05, 0) is 23.8 Å². The highest BCUT2D eigenvalue weighted by Crippen LogP contribution is 2.37. The standard InChI is InChI=1S/C12H9ClN2O3S/c13-9-2-1-5-14-12(9)19-11-4-3-8(7-16)6-10(11)15(17)18/h1-6,16H,7H2. The summed E-state index contributed by atoms with van der Waals surface area (Å²) in [7, 11) is 0. The van der Waals surface area contributed by atoms with Crippen LogP contribution in [-0.4, -0.2) is 15.0 Å². The van der Waals surface area contributed by atoms with E-state index in [1.165, 1.54) is 6.07 Å². The molecule has 0 saturated carbocycles. The van der Waals surface area contributed by atoms with Crippen LogP contribution in [-0.2, 0) is 6.61 Å². The van der Waals surface area contributed by atoms with E-state index in [2.05, 4.69) is 4.98 Å². The van der Waals surface area contributed by atoms with Gasteiger partial charge in [0.05, 0.1) is 21.4 Å². The fourth-order valence-electron chi connectivity index (χ4n) is 1.44. The minimum Gasteiger partial charge on any atom is -0.392 e. The van der Waals surface area contributed by atoms with Gasteiger partial charge in [-0.2, -0.15) is 0 Å². The molecule has 1 aromatic carbocycles. The number of nitro benzene ring substituents is 1. The second-order valence-corrected chi connectivity index (χ2v) is 5.05. The second-order valence-electron chi connectivity index (χ2n) is 3.61. The van der Waals surface area contributed by atoms with Gasteiger partial charge >= 0.3 is 0 Å². The van der Waals surface area contributed by atoms with Gasteiger partial charge in [0.15, 0.2) is 0 Å². The topological polar surface area (TPSA) is 76.3 Å². The molecule has 1 heterocycles. The first-order valence-corrected chi connectivity index (χ1v) is 6.48. The largest absolute Gasteiger partial charge is 0.392 e. The first kappa shape index (κ1) is 13.8. The Hall–Kier alpha value is -1.63. The van der Waals surface area contributed by atoms with E-state index in [0.717, 1.165) is 11.8 Å². The molecule has 0 aliphatic heterocycles. The lowest BCUT2D eigenvalue weighted by atomic mass is 10.2. The number of nitrogens with zero attached hydrogens (tertiary/aromatic N) is 2. The lowest BCUT2D eigenvalue weighted by molar-refractivity contribution is -0.387. The van der Waals surface area contributed by atoms with Crippen LogP contribution in [0.4, 0.5) is 5.69 Å². The maximum Gasteiger partial charge on any atom is 0.283 e. The van der Waals surface area contributed by atoms with Crippen molar-refractivity contribution in [1.29, 1.82) is 0 Å². The summed E-state index contributed by atoms with van der Waals surface area (Å²) in [6, 6.07) is 7.92. The van der Waals surface area contributed by atoms with Gasteiger partial charge in [0.1, 0.15) is 5.03 Å². The number of halogens is 1. The van der Waals surface area contributed by atoms with E-state index in [0.29, 0.717) is 20.5 Å². The number of rotatable bonds is 4. The third-order valence-electron chi connectivity index (χ3n) is 2.33. The number of nitro groups is 1. The normalized spacial score (nSPS) is 10.4. The lowest BCUT2D eigenvalue weighted by Crippen LogP contribution is -1.94. The maximum atomic E-state index is 11.0. The Morgan fingerprint density at radius 1 is 1.42 bits per heavy atom. The van der Waals surface area contributed by atoms with Crippen LogP contribution >= 0.6 is 23.4 Å². The molecular formula is C12H9ClN2O3S. The van der Waals surface area contributed by atoms with Gasteiger partial charge in [-0.15, -0.1) is 0 Å². The zero-order valence-electron chi connectivity index (χ0n) is 9.62. The molecule has 0 radical (unpaired) electrons. The number of benzene rings is 1. The van der Waals surface area contributed by atoms with Crippen molar-refractivity contribution >= 4 is 29.1 Å². The van der Waals surface area contributed by atoms with Gasteiger partial charge in [0, 0.05) is 12.3 Å². The monoisotopic (exact) mass is 296 g/mol. The summed E-state index contributed by atoms with van der Waals surface area (Å²) >= 11 is 7.09. The van der Waals surface area contributed by atoms with Gasteiger partial charge in [-0.1, -0.05) is 29.4 Å². The maximum absolute atomic E-state index is 11.0. The Labute approximate surface area is 118 Å². The Morgan fingerprint density at radius 2 is 2.21 bits per heavy atom. The van der Waals surface area contributed by atoms with Crippen molar-refractivity contribution in [2.75, 3.05) is 0 Å². The summed E-state index contributed by atoms with van der Waals surface area (Å²) < 4.78 is 0. The molecule has 7 heteroatoms. The number of aliphatic hydroxyl groups is 1. The highest BCUT2D eigenvalue weighted by atomic mass is 35.5. The fourth-order valence-corrected chi connectivity index (χ4v) is 2.54. The molecule has 0 atom stereocenters. The highest BCUT2D eigenvalue weighted by Gasteiger charge is 2.17. The van der Waals surface area contributed by atoms with Crippen LogP contribution in [0.1, 0.15) is 5.56 Å². The van der Waals surface area contributed by atoms with Crippen LogP contribution in [0, 0.1) is 10.1 Å². The Balaban J connectivity index is 2.40. The molecule has 0 aliphatic rings. The van der Waals surface area contributed by atoms with Crippen LogP contribution in [0.2, 0.25) is 5.02 Å². The van der Waals surface area contributed by atoms with E-state index in [1.54, 1.807) is 30.5 Å². The van der Waals surface area contributed by atoms with Crippen molar-refractivity contribution in [2.45, 2.75) is 16.5 Å². The van der Waals surface area contributed by atoms with Crippen LogP contribution in [0.5, 0.6) is 0 Å². The molecular weight excluding hydrogens is 288 g/mol. The molecule has 0 aliphatic carbocycles. The molecule has 1 aromatic heterocycles. The predicted octanol–water partition coefficient (Wildman–Crippen LogP) is 3.29. The van der Waals surface area contributed by atoms with E-state index >= 15 is 0 Å². The van der Waals surface area contributed by atoms with Gasteiger partial charge in [-0.25, -0.2) is 4.98 Å². The Bertz CT molecular complexity index is 622. The van der Waals surface area contributed by atoms with Gasteiger partial charge < -0.3 is 5.11 Å². The molecule has 0 unspecified atom stereocenters. The SMILES string of the molecule is O=[N+]([O-])c1cc(CO)ccc1Sc1ncccc1Cl. The zero-order valence-corrected chi connectivity index (χ0v) is 11.2. The number of hydrogen-bond donors (Lipinski definition) is 1. The number of aliphatic hydroxyl groups excluding tert-OH is 1. The number of hydrogen-bond acceptors (Lipinski definition) is 5. The molecule has 2 aromatic rings. The summed E-state index contributed by atoms with van der Waals surface area (Å²) in [6.07, 6.45) is 1.57. The Kier molecular flexibility index (Phi) is 4.36. The molecule has 0 amide bonds. The molecule has 0 spiro atoms. The lowest BCUT2D eigenvalue weighted by Gasteiger charge is -2.05. The quantitative estimate of drug-likeness (QED) is 0.692. The number of aromatic nitrogens is 1. The van der Waals surface area contributed by atoms with Crippen molar-refractivity contribution in [3.63, 3.8) is 0 Å². The third-order valence-corrected chi connectivity index (χ3v) is 3.83. The van der Waals surface area contributed by atoms with Crippen LogP contribution in [0.15, 0.2) is 46.5 Å². The predicted molar refractivity (Wildman–Crippen MR) is 72.4 cm³/mol. The summed E-state index contributed by atoms with van der Waals surface area (Å²) in [4.78, 5) is 15.0. The van der Waals surface area contributed by atoms with E-state index in [4.69, 9.17) is 16.7 Å².